The van der Waals surface area contributed by atoms with Gasteiger partial charge in [0.1, 0.15) is 0 Å². The van der Waals surface area contributed by atoms with Crippen LogP contribution in [-0.4, -0.2) is 18.4 Å². The van der Waals surface area contributed by atoms with Crippen molar-refractivity contribution in [1.82, 2.24) is 9.10 Å². The summed E-state index contributed by atoms with van der Waals surface area (Å²) in [5.41, 5.74) is 3.15. The molecule has 0 fully saturated rings. The minimum absolute atomic E-state index is 0.218. The molecule has 1 aromatic heterocycles. The molecule has 3 rings (SSSR count). The predicted octanol–water partition coefficient (Wildman–Crippen LogP) is 1.91. The average molecular weight is 294 g/mol. The van der Waals surface area contributed by atoms with Gasteiger partial charge in [-0.25, -0.2) is 0 Å². The Kier molecular flexibility index (Phi) is 2.44. The van der Waals surface area contributed by atoms with E-state index in [1.807, 2.05) is 35.7 Å². The maximum atomic E-state index is 5.48. The van der Waals surface area contributed by atoms with Crippen molar-refractivity contribution in [3.63, 3.8) is 0 Å². The number of hydrogen-bond donors (Lipinski definition) is 1. The molecule has 1 aliphatic heterocycles. The number of allylic oxidation sites excluding steroid dienone is 2. The molecular weight excluding hydrogens is 285 g/mol. The van der Waals surface area contributed by atoms with E-state index < -0.39 is 0 Å². The zero-order valence-electron chi connectivity index (χ0n) is 8.33. The molecule has 16 heavy (non-hydrogen) atoms. The first-order chi connectivity index (χ1) is 7.86. The minimum atomic E-state index is 0.218. The molecule has 0 bridgehead atoms. The number of aromatic nitrogens is 1. The first-order valence-corrected chi connectivity index (χ1v) is 6.89. The normalized spacial score (nSPS) is 14.4. The quantitative estimate of drug-likeness (QED) is 0.641. The van der Waals surface area contributed by atoms with Crippen LogP contribution in [0, 0.1) is 4.64 Å². The topological polar surface area (TPSA) is 20.2 Å². The van der Waals surface area contributed by atoms with Crippen molar-refractivity contribution in [1.29, 1.82) is 0 Å². The Morgan fingerprint density at radius 2 is 2.06 bits per heavy atom. The number of nitrogens with zero attached hydrogens (tertiary/aromatic N) is 2. The number of benzene rings is 1. The molecule has 80 valence electrons. The van der Waals surface area contributed by atoms with Crippen LogP contribution in [0.25, 0.3) is 9.65 Å². The summed E-state index contributed by atoms with van der Waals surface area (Å²) in [5.74, 6) is 0. The van der Waals surface area contributed by atoms with Gasteiger partial charge in [-0.1, -0.05) is 0 Å². The summed E-state index contributed by atoms with van der Waals surface area (Å²) < 4.78 is 4.33. The number of fused-ring (bicyclic) bond motifs is 1. The second-order valence-electron chi connectivity index (χ2n) is 3.34. The predicted molar refractivity (Wildman–Crippen MR) is 69.3 cm³/mol. The fraction of sp³-hybridized carbons (Fsp3) is 0. The third-order valence-corrected chi connectivity index (χ3v) is 5.24. The SMILES string of the molecule is S=c1c2ccccc2[se]n1N1C=CC=CN1. The molecule has 2 heterocycles. The fourth-order valence-electron chi connectivity index (χ4n) is 1.56. The van der Waals surface area contributed by atoms with Gasteiger partial charge in [0.15, 0.2) is 0 Å². The van der Waals surface area contributed by atoms with Crippen LogP contribution in [0.15, 0.2) is 48.8 Å². The summed E-state index contributed by atoms with van der Waals surface area (Å²) >= 11 is 5.70. The van der Waals surface area contributed by atoms with E-state index in [2.05, 4.69) is 27.3 Å². The van der Waals surface area contributed by atoms with Crippen LogP contribution in [0.2, 0.25) is 0 Å². The van der Waals surface area contributed by atoms with Gasteiger partial charge in [-0.2, -0.15) is 0 Å². The molecule has 3 nitrogen and oxygen atoms in total. The van der Waals surface area contributed by atoms with Crippen molar-refractivity contribution >= 4 is 36.6 Å². The molecule has 1 aliphatic rings. The van der Waals surface area contributed by atoms with Crippen molar-refractivity contribution < 1.29 is 0 Å². The zero-order chi connectivity index (χ0) is 11.0. The van der Waals surface area contributed by atoms with E-state index in [4.69, 9.17) is 12.2 Å². The third kappa shape index (κ3) is 1.53. The van der Waals surface area contributed by atoms with Crippen molar-refractivity contribution in [3.8, 4) is 0 Å². The molecular formula is C11H9N3SSe. The first-order valence-electron chi connectivity index (χ1n) is 4.86. The van der Waals surface area contributed by atoms with Crippen molar-refractivity contribution in [2.75, 3.05) is 5.12 Å². The van der Waals surface area contributed by atoms with Gasteiger partial charge in [0.05, 0.1) is 0 Å². The molecule has 1 aromatic carbocycles. The molecule has 0 aliphatic carbocycles. The van der Waals surface area contributed by atoms with E-state index in [1.54, 1.807) is 0 Å². The van der Waals surface area contributed by atoms with E-state index in [0.29, 0.717) is 0 Å². The summed E-state index contributed by atoms with van der Waals surface area (Å²) in [7, 11) is 0. The maximum absolute atomic E-state index is 5.48. The van der Waals surface area contributed by atoms with Crippen molar-refractivity contribution in [2.45, 2.75) is 0 Å². The summed E-state index contributed by atoms with van der Waals surface area (Å²) in [4.78, 5) is 0. The molecule has 0 saturated heterocycles. The average Bonchev–Trinajstić information content (AvgIpc) is 2.69. The summed E-state index contributed by atoms with van der Waals surface area (Å²) in [6.45, 7) is 0. The first kappa shape index (κ1) is 9.90. The molecule has 0 amide bonds. The molecule has 0 spiro atoms. The van der Waals surface area contributed by atoms with Crippen molar-refractivity contribution in [2.24, 2.45) is 0 Å². The number of rotatable bonds is 1. The van der Waals surface area contributed by atoms with Crippen LogP contribution >= 0.6 is 12.2 Å². The van der Waals surface area contributed by atoms with Gasteiger partial charge in [0.25, 0.3) is 0 Å². The van der Waals surface area contributed by atoms with E-state index >= 15 is 0 Å². The summed E-state index contributed by atoms with van der Waals surface area (Å²) in [6, 6.07) is 8.32. The van der Waals surface area contributed by atoms with Crippen molar-refractivity contribution in [3.05, 3.63) is 53.5 Å². The molecule has 0 saturated carbocycles. The van der Waals surface area contributed by atoms with Gasteiger partial charge < -0.3 is 0 Å². The Labute approximate surface area is 104 Å². The van der Waals surface area contributed by atoms with Gasteiger partial charge in [-0.15, -0.1) is 0 Å². The van der Waals surface area contributed by atoms with Crippen LogP contribution in [0.3, 0.4) is 0 Å². The standard InChI is InChI=1S/C11H9N3SSe/c15-11-9-5-1-2-6-10(9)16-14(11)13-8-4-3-7-12-13/h1-8,12H. The molecule has 1 N–H and O–H groups in total. The second-order valence-corrected chi connectivity index (χ2v) is 5.76. The van der Waals surface area contributed by atoms with Crippen LogP contribution in [0.1, 0.15) is 0 Å². The molecule has 5 heteroatoms. The van der Waals surface area contributed by atoms with Gasteiger partial charge in [0, 0.05) is 0 Å². The number of hydrogen-bond acceptors (Lipinski definition) is 3. The Morgan fingerprint density at radius 1 is 1.19 bits per heavy atom. The van der Waals surface area contributed by atoms with Gasteiger partial charge in [0.2, 0.25) is 0 Å². The van der Waals surface area contributed by atoms with E-state index in [1.165, 1.54) is 9.65 Å². The van der Waals surface area contributed by atoms with Gasteiger partial charge in [-0.05, 0) is 0 Å². The van der Waals surface area contributed by atoms with E-state index in [9.17, 15) is 0 Å². The van der Waals surface area contributed by atoms with Crippen LogP contribution < -0.4 is 10.5 Å². The van der Waals surface area contributed by atoms with Gasteiger partial charge >= 0.3 is 104 Å². The summed E-state index contributed by atoms with van der Waals surface area (Å²) in [5, 5.41) is 3.12. The molecule has 0 atom stereocenters. The Morgan fingerprint density at radius 3 is 2.81 bits per heavy atom. The Bertz CT molecular complexity index is 638. The Hall–Kier alpha value is -1.29. The van der Waals surface area contributed by atoms with E-state index in [-0.39, 0.29) is 14.7 Å². The monoisotopic (exact) mass is 295 g/mol. The number of hydrazine groups is 1. The number of nitrogens with one attached hydrogen (secondary N) is 1. The van der Waals surface area contributed by atoms with Crippen LogP contribution in [-0.2, 0) is 0 Å². The van der Waals surface area contributed by atoms with Crippen LogP contribution in [0.5, 0.6) is 0 Å². The summed E-state index contributed by atoms with van der Waals surface area (Å²) in [6.07, 6.45) is 7.80. The third-order valence-electron chi connectivity index (χ3n) is 2.31. The zero-order valence-corrected chi connectivity index (χ0v) is 10.9. The molecule has 0 radical (unpaired) electrons. The van der Waals surface area contributed by atoms with E-state index in [0.717, 1.165) is 4.64 Å². The van der Waals surface area contributed by atoms with Crippen LogP contribution in [0.4, 0.5) is 0 Å². The molecule has 2 aromatic rings. The fourth-order valence-corrected chi connectivity index (χ4v) is 4.18. The van der Waals surface area contributed by atoms with Gasteiger partial charge in [-0.3, -0.25) is 0 Å². The Balaban J connectivity index is 2.17. The molecule has 0 unspecified atom stereocenters. The second kappa shape index (κ2) is 3.94.